The summed E-state index contributed by atoms with van der Waals surface area (Å²) in [4.78, 5) is 18.6. The second kappa shape index (κ2) is 5.40. The normalized spacial score (nSPS) is 17.1. The lowest BCUT2D eigenvalue weighted by Crippen LogP contribution is -2.50. The Morgan fingerprint density at radius 3 is 3.00 bits per heavy atom. The number of aryl methyl sites for hydroxylation is 2. The molecule has 2 aliphatic rings. The van der Waals surface area contributed by atoms with Gasteiger partial charge in [-0.1, -0.05) is 0 Å². The van der Waals surface area contributed by atoms with Crippen molar-refractivity contribution in [1.82, 2.24) is 14.8 Å². The quantitative estimate of drug-likeness (QED) is 0.731. The first-order chi connectivity index (χ1) is 12.2. The maximum Gasteiger partial charge on any atom is 0.298 e. The summed E-state index contributed by atoms with van der Waals surface area (Å²) in [6.07, 6.45) is 3.01. The molecule has 0 radical (unpaired) electrons. The van der Waals surface area contributed by atoms with Crippen LogP contribution in [0.3, 0.4) is 0 Å². The number of halogens is 1. The van der Waals surface area contributed by atoms with Crippen LogP contribution in [0.15, 0.2) is 33.5 Å². The van der Waals surface area contributed by atoms with E-state index >= 15 is 0 Å². The molecule has 3 heterocycles. The number of nitrogens with zero attached hydrogens (tertiary/aromatic N) is 4. The van der Waals surface area contributed by atoms with Crippen LogP contribution < -0.4 is 10.5 Å². The van der Waals surface area contributed by atoms with Gasteiger partial charge in [0.1, 0.15) is 11.3 Å². The SMILES string of the molecule is O=c1cc2c(nn1CC1CN(c3nc4ccc(F)cc4o3)C1)CCC2. The Bertz CT molecular complexity index is 1020. The Hall–Kier alpha value is -2.70. The van der Waals surface area contributed by atoms with Crippen molar-refractivity contribution >= 4 is 17.1 Å². The number of benzene rings is 1. The van der Waals surface area contributed by atoms with Gasteiger partial charge < -0.3 is 9.32 Å². The highest BCUT2D eigenvalue weighted by molar-refractivity contribution is 5.74. The zero-order valence-corrected chi connectivity index (χ0v) is 13.6. The lowest BCUT2D eigenvalue weighted by molar-refractivity contribution is 0.317. The Balaban J connectivity index is 1.29. The molecule has 3 aromatic rings. The van der Waals surface area contributed by atoms with E-state index in [9.17, 15) is 9.18 Å². The summed E-state index contributed by atoms with van der Waals surface area (Å²) in [6.45, 7) is 2.11. The number of fused-ring (bicyclic) bond motifs is 2. The fourth-order valence-electron chi connectivity index (χ4n) is 3.68. The highest BCUT2D eigenvalue weighted by Gasteiger charge is 2.31. The van der Waals surface area contributed by atoms with E-state index in [2.05, 4.69) is 10.1 Å². The molecular formula is C18H17FN4O2. The molecule has 0 atom stereocenters. The molecule has 0 spiro atoms. The zero-order valence-electron chi connectivity index (χ0n) is 13.6. The van der Waals surface area contributed by atoms with Gasteiger partial charge in [-0.25, -0.2) is 9.07 Å². The third kappa shape index (κ3) is 2.50. The van der Waals surface area contributed by atoms with Crippen molar-refractivity contribution < 1.29 is 8.81 Å². The Labute approximate surface area is 142 Å². The molecule has 0 unspecified atom stereocenters. The molecule has 128 valence electrons. The average molecular weight is 340 g/mol. The van der Waals surface area contributed by atoms with E-state index in [0.29, 0.717) is 29.6 Å². The van der Waals surface area contributed by atoms with Crippen LogP contribution in [-0.2, 0) is 19.4 Å². The van der Waals surface area contributed by atoms with Gasteiger partial charge >= 0.3 is 0 Å². The Kier molecular flexibility index (Phi) is 3.16. The van der Waals surface area contributed by atoms with Crippen LogP contribution in [0.25, 0.3) is 11.1 Å². The maximum absolute atomic E-state index is 13.2. The van der Waals surface area contributed by atoms with Crippen LogP contribution in [0, 0.1) is 11.7 Å². The van der Waals surface area contributed by atoms with Crippen molar-refractivity contribution in [2.24, 2.45) is 5.92 Å². The van der Waals surface area contributed by atoms with E-state index in [0.717, 1.165) is 43.6 Å². The topological polar surface area (TPSA) is 64.2 Å². The van der Waals surface area contributed by atoms with Crippen LogP contribution in [0.1, 0.15) is 17.7 Å². The predicted molar refractivity (Wildman–Crippen MR) is 90.2 cm³/mol. The van der Waals surface area contributed by atoms with Gasteiger partial charge in [0, 0.05) is 31.1 Å². The first-order valence-electron chi connectivity index (χ1n) is 8.57. The maximum atomic E-state index is 13.2. The van der Waals surface area contributed by atoms with Crippen molar-refractivity contribution in [3.63, 3.8) is 0 Å². The third-order valence-electron chi connectivity index (χ3n) is 5.02. The monoisotopic (exact) mass is 340 g/mol. The van der Waals surface area contributed by atoms with Crippen molar-refractivity contribution in [1.29, 1.82) is 0 Å². The second-order valence-corrected chi connectivity index (χ2v) is 6.87. The first-order valence-corrected chi connectivity index (χ1v) is 8.57. The largest absolute Gasteiger partial charge is 0.423 e. The molecule has 1 saturated heterocycles. The van der Waals surface area contributed by atoms with Crippen molar-refractivity contribution in [2.75, 3.05) is 18.0 Å². The molecule has 0 amide bonds. The lowest BCUT2D eigenvalue weighted by Gasteiger charge is -2.37. The highest BCUT2D eigenvalue weighted by Crippen LogP contribution is 2.28. The Morgan fingerprint density at radius 1 is 1.24 bits per heavy atom. The second-order valence-electron chi connectivity index (χ2n) is 6.87. The van der Waals surface area contributed by atoms with Crippen molar-refractivity contribution in [2.45, 2.75) is 25.8 Å². The molecule has 1 fully saturated rings. The number of oxazole rings is 1. The van der Waals surface area contributed by atoms with Crippen molar-refractivity contribution in [3.05, 3.63) is 51.7 Å². The van der Waals surface area contributed by atoms with Gasteiger partial charge in [0.15, 0.2) is 5.58 Å². The summed E-state index contributed by atoms with van der Waals surface area (Å²) >= 11 is 0. The van der Waals surface area contributed by atoms with E-state index in [-0.39, 0.29) is 11.4 Å². The first kappa shape index (κ1) is 14.6. The average Bonchev–Trinajstić information content (AvgIpc) is 3.15. The van der Waals surface area contributed by atoms with Crippen LogP contribution >= 0.6 is 0 Å². The van der Waals surface area contributed by atoms with Crippen LogP contribution in [-0.4, -0.2) is 27.9 Å². The van der Waals surface area contributed by atoms with E-state index in [1.165, 1.54) is 12.1 Å². The minimum atomic E-state index is -0.334. The summed E-state index contributed by atoms with van der Waals surface area (Å²) in [5.74, 6) is -0.00449. The van der Waals surface area contributed by atoms with Gasteiger partial charge in [0.2, 0.25) is 0 Å². The summed E-state index contributed by atoms with van der Waals surface area (Å²) in [5.41, 5.74) is 3.26. The van der Waals surface area contributed by atoms with Crippen molar-refractivity contribution in [3.8, 4) is 0 Å². The molecule has 7 heteroatoms. The molecule has 0 bridgehead atoms. The van der Waals surface area contributed by atoms with Crippen LogP contribution in [0.2, 0.25) is 0 Å². The van der Waals surface area contributed by atoms with E-state index in [1.54, 1.807) is 16.8 Å². The highest BCUT2D eigenvalue weighted by atomic mass is 19.1. The standard InChI is InChI=1S/C18H17FN4O2/c19-13-4-5-15-16(7-13)25-18(20-15)22-8-11(9-22)10-23-17(24)6-12-2-1-3-14(12)21-23/h4-7,11H,1-3,8-10H2. The van der Waals surface area contributed by atoms with Gasteiger partial charge in [0.25, 0.3) is 11.6 Å². The molecule has 2 aromatic heterocycles. The summed E-state index contributed by atoms with van der Waals surface area (Å²) in [7, 11) is 0. The smallest absolute Gasteiger partial charge is 0.298 e. The number of hydrogen-bond donors (Lipinski definition) is 0. The molecule has 25 heavy (non-hydrogen) atoms. The van der Waals surface area contributed by atoms with E-state index < -0.39 is 0 Å². The van der Waals surface area contributed by atoms with Crippen LogP contribution in [0.4, 0.5) is 10.4 Å². The number of rotatable bonds is 3. The summed E-state index contributed by atoms with van der Waals surface area (Å²) in [5, 5.41) is 4.52. The van der Waals surface area contributed by atoms with Gasteiger partial charge in [0.05, 0.1) is 12.2 Å². The molecular weight excluding hydrogens is 323 g/mol. The van der Waals surface area contributed by atoms with Crippen LogP contribution in [0.5, 0.6) is 0 Å². The molecule has 1 aliphatic carbocycles. The minimum Gasteiger partial charge on any atom is -0.423 e. The Morgan fingerprint density at radius 2 is 2.12 bits per heavy atom. The predicted octanol–water partition coefficient (Wildman–Crippen LogP) is 2.15. The molecule has 0 N–H and O–H groups in total. The number of hydrogen-bond acceptors (Lipinski definition) is 5. The molecule has 6 nitrogen and oxygen atoms in total. The van der Waals surface area contributed by atoms with Gasteiger partial charge in [-0.05, 0) is 37.0 Å². The number of aromatic nitrogens is 3. The zero-order chi connectivity index (χ0) is 17.0. The molecule has 5 rings (SSSR count). The van der Waals surface area contributed by atoms with Gasteiger partial charge in [-0.3, -0.25) is 4.79 Å². The molecule has 1 aliphatic heterocycles. The number of anilines is 1. The van der Waals surface area contributed by atoms with E-state index in [4.69, 9.17) is 4.42 Å². The summed E-state index contributed by atoms with van der Waals surface area (Å²) in [6, 6.07) is 6.58. The molecule has 1 aromatic carbocycles. The fourth-order valence-corrected chi connectivity index (χ4v) is 3.68. The minimum absolute atomic E-state index is 0.0172. The third-order valence-corrected chi connectivity index (χ3v) is 5.02. The lowest BCUT2D eigenvalue weighted by atomic mass is 10.0. The van der Waals surface area contributed by atoms with Gasteiger partial charge in [-0.2, -0.15) is 10.1 Å². The molecule has 0 saturated carbocycles. The van der Waals surface area contributed by atoms with E-state index in [1.807, 2.05) is 4.90 Å². The summed E-state index contributed by atoms with van der Waals surface area (Å²) < 4.78 is 20.5. The fraction of sp³-hybridized carbons (Fsp3) is 0.389. The van der Waals surface area contributed by atoms with Gasteiger partial charge in [-0.15, -0.1) is 0 Å².